The number of aliphatic hydroxyl groups is 1. The SMILES string of the molecule is COc1cc(/C=C2\SC(=Nc3ccccc3Cl)NC2=O)ccc1OCCO. The first kappa shape index (κ1) is 19.3. The largest absolute Gasteiger partial charge is 0.493 e. The van der Waals surface area contributed by atoms with Crippen molar-refractivity contribution in [2.24, 2.45) is 4.99 Å². The molecule has 1 fully saturated rings. The number of amides is 1. The lowest BCUT2D eigenvalue weighted by atomic mass is 10.2. The molecule has 1 saturated heterocycles. The van der Waals surface area contributed by atoms with Gasteiger partial charge in [0.25, 0.3) is 5.91 Å². The molecule has 0 radical (unpaired) electrons. The summed E-state index contributed by atoms with van der Waals surface area (Å²) in [4.78, 5) is 17.1. The Kier molecular flexibility index (Phi) is 6.39. The maximum atomic E-state index is 12.2. The molecule has 0 saturated carbocycles. The summed E-state index contributed by atoms with van der Waals surface area (Å²) in [6.45, 7) is 0.0935. The summed E-state index contributed by atoms with van der Waals surface area (Å²) in [5, 5.41) is 12.6. The summed E-state index contributed by atoms with van der Waals surface area (Å²) >= 11 is 7.34. The molecule has 1 aliphatic heterocycles. The number of nitrogens with zero attached hydrogens (tertiary/aromatic N) is 1. The quantitative estimate of drug-likeness (QED) is 0.719. The van der Waals surface area contributed by atoms with Crippen LogP contribution in [-0.4, -0.2) is 36.5 Å². The van der Waals surface area contributed by atoms with Crippen molar-refractivity contribution >= 4 is 46.2 Å². The zero-order valence-electron chi connectivity index (χ0n) is 14.4. The van der Waals surface area contributed by atoms with Crippen LogP contribution >= 0.6 is 23.4 Å². The number of thioether (sulfide) groups is 1. The molecule has 0 aromatic heterocycles. The maximum absolute atomic E-state index is 12.2. The van der Waals surface area contributed by atoms with Crippen molar-refractivity contribution in [1.29, 1.82) is 0 Å². The van der Waals surface area contributed by atoms with E-state index in [2.05, 4.69) is 10.3 Å². The van der Waals surface area contributed by atoms with Crippen LogP contribution < -0.4 is 14.8 Å². The number of nitrogens with one attached hydrogen (secondary N) is 1. The lowest BCUT2D eigenvalue weighted by Gasteiger charge is -2.10. The van der Waals surface area contributed by atoms with Crippen LogP contribution in [0, 0.1) is 0 Å². The minimum atomic E-state index is -0.231. The van der Waals surface area contributed by atoms with E-state index in [0.717, 1.165) is 5.56 Å². The molecule has 6 nitrogen and oxygen atoms in total. The highest BCUT2D eigenvalue weighted by Crippen LogP contribution is 2.33. The Balaban J connectivity index is 1.81. The van der Waals surface area contributed by atoms with Crippen molar-refractivity contribution in [3.63, 3.8) is 0 Å². The van der Waals surface area contributed by atoms with Crippen molar-refractivity contribution in [2.45, 2.75) is 0 Å². The molecule has 2 aromatic rings. The summed E-state index contributed by atoms with van der Waals surface area (Å²) in [5.74, 6) is 0.815. The number of carbonyl (C=O) groups is 1. The number of para-hydroxylation sites is 1. The molecule has 0 unspecified atom stereocenters. The molecule has 27 heavy (non-hydrogen) atoms. The summed E-state index contributed by atoms with van der Waals surface area (Å²) in [5.41, 5.74) is 1.37. The number of benzene rings is 2. The number of ether oxygens (including phenoxy) is 2. The molecule has 140 valence electrons. The van der Waals surface area contributed by atoms with Gasteiger partial charge in [0, 0.05) is 0 Å². The zero-order chi connectivity index (χ0) is 19.2. The molecule has 0 spiro atoms. The van der Waals surface area contributed by atoms with Gasteiger partial charge >= 0.3 is 0 Å². The molecule has 0 atom stereocenters. The van der Waals surface area contributed by atoms with E-state index < -0.39 is 0 Å². The van der Waals surface area contributed by atoms with Gasteiger partial charge in [-0.3, -0.25) is 4.79 Å². The van der Waals surface area contributed by atoms with E-state index in [1.165, 1.54) is 18.9 Å². The Hall–Kier alpha value is -2.48. The average Bonchev–Trinajstić information content (AvgIpc) is 3.01. The Morgan fingerprint density at radius 3 is 2.81 bits per heavy atom. The van der Waals surface area contributed by atoms with Crippen LogP contribution in [0.1, 0.15) is 5.56 Å². The molecule has 0 bridgehead atoms. The lowest BCUT2D eigenvalue weighted by molar-refractivity contribution is -0.115. The minimum absolute atomic E-state index is 0.0840. The molecule has 2 N–H and O–H groups in total. The Bertz CT molecular complexity index is 914. The minimum Gasteiger partial charge on any atom is -0.493 e. The van der Waals surface area contributed by atoms with Crippen LogP contribution in [0.4, 0.5) is 5.69 Å². The van der Waals surface area contributed by atoms with Gasteiger partial charge in [0.2, 0.25) is 0 Å². The van der Waals surface area contributed by atoms with Crippen molar-refractivity contribution in [1.82, 2.24) is 5.32 Å². The van der Waals surface area contributed by atoms with Gasteiger partial charge in [-0.2, -0.15) is 0 Å². The van der Waals surface area contributed by atoms with Gasteiger partial charge in [0.15, 0.2) is 16.7 Å². The Labute approximate surface area is 165 Å². The van der Waals surface area contributed by atoms with Crippen LogP contribution in [0.25, 0.3) is 6.08 Å². The Morgan fingerprint density at radius 2 is 2.07 bits per heavy atom. The number of aliphatic hydroxyl groups excluding tert-OH is 1. The topological polar surface area (TPSA) is 80.2 Å². The summed E-state index contributed by atoms with van der Waals surface area (Å²) in [6, 6.07) is 12.5. The summed E-state index contributed by atoms with van der Waals surface area (Å²) in [7, 11) is 1.53. The monoisotopic (exact) mass is 404 g/mol. The van der Waals surface area contributed by atoms with Crippen molar-refractivity contribution in [2.75, 3.05) is 20.3 Å². The third-order valence-corrected chi connectivity index (χ3v) is 4.79. The van der Waals surface area contributed by atoms with E-state index in [9.17, 15) is 4.79 Å². The van der Waals surface area contributed by atoms with E-state index in [1.54, 1.807) is 36.4 Å². The second-order valence-electron chi connectivity index (χ2n) is 5.42. The molecular weight excluding hydrogens is 388 g/mol. The molecule has 8 heteroatoms. The fourth-order valence-electron chi connectivity index (χ4n) is 2.33. The number of amidine groups is 1. The summed E-state index contributed by atoms with van der Waals surface area (Å²) in [6.07, 6.45) is 1.74. The van der Waals surface area contributed by atoms with Crippen LogP contribution in [0.3, 0.4) is 0 Å². The van der Waals surface area contributed by atoms with Gasteiger partial charge in [-0.05, 0) is 47.7 Å². The van der Waals surface area contributed by atoms with Gasteiger partial charge in [-0.1, -0.05) is 29.8 Å². The molecular formula is C19H17ClN2O4S. The van der Waals surface area contributed by atoms with Crippen molar-refractivity contribution < 1.29 is 19.4 Å². The number of carbonyl (C=O) groups excluding carboxylic acids is 1. The Morgan fingerprint density at radius 1 is 1.26 bits per heavy atom. The van der Waals surface area contributed by atoms with Gasteiger partial charge in [-0.25, -0.2) is 4.99 Å². The molecule has 2 aromatic carbocycles. The molecule has 0 aliphatic carbocycles. The predicted molar refractivity (Wildman–Crippen MR) is 108 cm³/mol. The predicted octanol–water partition coefficient (Wildman–Crippen LogP) is 3.61. The second-order valence-corrected chi connectivity index (χ2v) is 6.85. The number of rotatable bonds is 6. The van der Waals surface area contributed by atoms with Gasteiger partial charge in [0.05, 0.1) is 29.3 Å². The normalized spacial score (nSPS) is 16.6. The highest BCUT2D eigenvalue weighted by molar-refractivity contribution is 8.18. The average molecular weight is 405 g/mol. The van der Waals surface area contributed by atoms with Crippen LogP contribution in [0.2, 0.25) is 5.02 Å². The van der Waals surface area contributed by atoms with Gasteiger partial charge < -0.3 is 19.9 Å². The smallest absolute Gasteiger partial charge is 0.264 e. The third kappa shape index (κ3) is 4.82. The van der Waals surface area contributed by atoms with E-state index in [1.807, 2.05) is 12.1 Å². The van der Waals surface area contributed by atoms with Gasteiger partial charge in [0.1, 0.15) is 6.61 Å². The van der Waals surface area contributed by atoms with Crippen LogP contribution in [-0.2, 0) is 4.79 Å². The number of hydrogen-bond donors (Lipinski definition) is 2. The second kappa shape index (κ2) is 8.94. The van der Waals surface area contributed by atoms with Crippen molar-refractivity contribution in [3.05, 3.63) is 58.0 Å². The maximum Gasteiger partial charge on any atom is 0.264 e. The van der Waals surface area contributed by atoms with Crippen LogP contribution in [0.5, 0.6) is 11.5 Å². The van der Waals surface area contributed by atoms with Crippen LogP contribution in [0.15, 0.2) is 52.4 Å². The summed E-state index contributed by atoms with van der Waals surface area (Å²) < 4.78 is 10.7. The van der Waals surface area contributed by atoms with E-state index >= 15 is 0 Å². The molecule has 1 amide bonds. The highest BCUT2D eigenvalue weighted by atomic mass is 35.5. The van der Waals surface area contributed by atoms with E-state index in [0.29, 0.717) is 32.3 Å². The van der Waals surface area contributed by atoms with Crippen molar-refractivity contribution in [3.8, 4) is 11.5 Å². The standard InChI is InChI=1S/C19H17ClN2O4S/c1-25-16-10-12(6-7-15(16)26-9-8-23)11-17-18(24)22-19(27-17)21-14-5-3-2-4-13(14)20/h2-7,10-11,23H,8-9H2,1H3,(H,21,22,24)/b17-11-. The lowest BCUT2D eigenvalue weighted by Crippen LogP contribution is -2.19. The third-order valence-electron chi connectivity index (χ3n) is 3.56. The fourth-order valence-corrected chi connectivity index (χ4v) is 3.35. The molecule has 3 rings (SSSR count). The fraction of sp³-hybridized carbons (Fsp3) is 0.158. The number of halogens is 1. The molecule has 1 heterocycles. The molecule has 1 aliphatic rings. The van der Waals surface area contributed by atoms with Gasteiger partial charge in [-0.15, -0.1) is 0 Å². The first-order chi connectivity index (χ1) is 13.1. The van der Waals surface area contributed by atoms with E-state index in [4.69, 9.17) is 26.2 Å². The first-order valence-electron chi connectivity index (χ1n) is 8.06. The number of methoxy groups -OCH3 is 1. The number of hydrogen-bond acceptors (Lipinski definition) is 6. The van der Waals surface area contributed by atoms with E-state index in [-0.39, 0.29) is 19.1 Å². The number of aliphatic imine (C=N–C) groups is 1. The highest BCUT2D eigenvalue weighted by Gasteiger charge is 2.24. The first-order valence-corrected chi connectivity index (χ1v) is 9.26. The zero-order valence-corrected chi connectivity index (χ0v) is 16.0.